The number of halogens is 3. The normalized spacial score (nSPS) is 26.7. The van der Waals surface area contributed by atoms with Crippen molar-refractivity contribution in [1.29, 1.82) is 0 Å². The molecule has 24 heavy (non-hydrogen) atoms. The quantitative estimate of drug-likeness (QED) is 0.900. The molecule has 4 nitrogen and oxygen atoms in total. The van der Waals surface area contributed by atoms with Gasteiger partial charge < -0.3 is 10.2 Å². The van der Waals surface area contributed by atoms with Gasteiger partial charge in [-0.15, -0.1) is 0 Å². The van der Waals surface area contributed by atoms with Crippen molar-refractivity contribution in [2.45, 2.75) is 31.5 Å². The molecule has 1 aliphatic heterocycles. The smallest absolute Gasteiger partial charge is 0.356 e. The first-order chi connectivity index (χ1) is 11.3. The zero-order chi connectivity index (χ0) is 17.5. The van der Waals surface area contributed by atoms with E-state index in [-0.39, 0.29) is 29.3 Å². The number of rotatable bonds is 2. The van der Waals surface area contributed by atoms with E-state index in [0.29, 0.717) is 18.9 Å². The van der Waals surface area contributed by atoms with E-state index in [9.17, 15) is 22.8 Å². The number of fused-ring (bicyclic) bond motifs is 1. The second kappa shape index (κ2) is 6.11. The van der Waals surface area contributed by atoms with Gasteiger partial charge in [0.05, 0.1) is 5.56 Å². The summed E-state index contributed by atoms with van der Waals surface area (Å²) in [5.41, 5.74) is -0.521. The van der Waals surface area contributed by atoms with E-state index < -0.39 is 11.7 Å². The number of nitrogens with zero attached hydrogens (tertiary/aromatic N) is 1. The number of hydrogen-bond acceptors (Lipinski definition) is 2. The molecule has 2 amide bonds. The number of benzene rings is 1. The van der Waals surface area contributed by atoms with Crippen LogP contribution in [0.2, 0.25) is 0 Å². The highest BCUT2D eigenvalue weighted by Crippen LogP contribution is 2.38. The molecule has 1 N–H and O–H groups in total. The molecule has 3 atom stereocenters. The Morgan fingerprint density at radius 3 is 2.42 bits per heavy atom. The second-order valence-corrected chi connectivity index (χ2v) is 6.64. The molecule has 1 heterocycles. The van der Waals surface area contributed by atoms with E-state index >= 15 is 0 Å². The lowest BCUT2D eigenvalue weighted by Gasteiger charge is -2.25. The number of hydrogen-bond donors (Lipinski definition) is 1. The topological polar surface area (TPSA) is 49.4 Å². The molecule has 2 fully saturated rings. The molecule has 3 rings (SSSR count). The average molecular weight is 340 g/mol. The summed E-state index contributed by atoms with van der Waals surface area (Å²) in [7, 11) is 1.68. The Hall–Kier alpha value is -2.05. The molecule has 1 aromatic carbocycles. The van der Waals surface area contributed by atoms with Gasteiger partial charge in [0.1, 0.15) is 0 Å². The maximum absolute atomic E-state index is 12.6. The average Bonchev–Trinajstić information content (AvgIpc) is 2.95. The maximum atomic E-state index is 12.6. The Labute approximate surface area is 138 Å². The third kappa shape index (κ3) is 3.25. The molecule has 0 aromatic heterocycles. The molecule has 130 valence electrons. The Morgan fingerprint density at radius 1 is 1.17 bits per heavy atom. The highest BCUT2D eigenvalue weighted by Gasteiger charge is 2.40. The Balaban J connectivity index is 1.68. The van der Waals surface area contributed by atoms with E-state index in [4.69, 9.17) is 0 Å². The van der Waals surface area contributed by atoms with Gasteiger partial charge in [-0.25, -0.2) is 0 Å². The minimum Gasteiger partial charge on any atom is -0.356 e. The molecule has 0 unspecified atom stereocenters. The number of nitrogens with one attached hydrogen (secondary N) is 1. The van der Waals surface area contributed by atoms with E-state index in [1.807, 2.05) is 0 Å². The van der Waals surface area contributed by atoms with Crippen LogP contribution >= 0.6 is 0 Å². The molecule has 1 aromatic rings. The van der Waals surface area contributed by atoms with Crippen LogP contribution in [0.25, 0.3) is 0 Å². The van der Waals surface area contributed by atoms with Crippen LogP contribution in [0.15, 0.2) is 24.3 Å². The fourth-order valence-corrected chi connectivity index (χ4v) is 3.72. The van der Waals surface area contributed by atoms with E-state index in [0.717, 1.165) is 25.0 Å². The van der Waals surface area contributed by atoms with Gasteiger partial charge in [-0.2, -0.15) is 13.2 Å². The monoisotopic (exact) mass is 340 g/mol. The lowest BCUT2D eigenvalue weighted by molar-refractivity contribution is -0.137. The van der Waals surface area contributed by atoms with Crippen molar-refractivity contribution in [3.8, 4) is 0 Å². The number of carbonyl (C=O) groups is 2. The largest absolute Gasteiger partial charge is 0.416 e. The predicted molar refractivity (Wildman–Crippen MR) is 81.2 cm³/mol. The molecular weight excluding hydrogens is 321 g/mol. The lowest BCUT2D eigenvalue weighted by Crippen LogP contribution is -2.38. The maximum Gasteiger partial charge on any atom is 0.416 e. The van der Waals surface area contributed by atoms with Crippen LogP contribution < -0.4 is 5.32 Å². The summed E-state index contributed by atoms with van der Waals surface area (Å²) >= 11 is 0. The van der Waals surface area contributed by atoms with Gasteiger partial charge in [0.25, 0.3) is 5.91 Å². The van der Waals surface area contributed by atoms with Gasteiger partial charge in [-0.1, -0.05) is 0 Å². The second-order valence-electron chi connectivity index (χ2n) is 6.64. The molecule has 0 bridgehead atoms. The van der Waals surface area contributed by atoms with E-state index in [1.165, 1.54) is 12.1 Å². The SMILES string of the molecule is CN(C(=O)c1ccc(C(F)(F)F)cc1)[C@H]1C[C@H]2CNC(=O)C[C@H]2C1. The number of amides is 2. The fourth-order valence-electron chi connectivity index (χ4n) is 3.72. The predicted octanol–water partition coefficient (Wildman–Crippen LogP) is 2.69. The molecule has 0 radical (unpaired) electrons. The molecule has 1 saturated heterocycles. The minimum atomic E-state index is -4.41. The summed E-state index contributed by atoms with van der Waals surface area (Å²) in [6.07, 6.45) is -2.34. The van der Waals surface area contributed by atoms with Crippen LogP contribution in [0, 0.1) is 11.8 Å². The summed E-state index contributed by atoms with van der Waals surface area (Å²) in [4.78, 5) is 25.6. The summed E-state index contributed by atoms with van der Waals surface area (Å²) in [6, 6.07) is 4.31. The zero-order valence-corrected chi connectivity index (χ0v) is 13.3. The molecule has 1 aliphatic carbocycles. The van der Waals surface area contributed by atoms with Crippen molar-refractivity contribution < 1.29 is 22.8 Å². The van der Waals surface area contributed by atoms with Crippen molar-refractivity contribution in [3.63, 3.8) is 0 Å². The van der Waals surface area contributed by atoms with Crippen LogP contribution in [-0.2, 0) is 11.0 Å². The minimum absolute atomic E-state index is 0.0162. The van der Waals surface area contributed by atoms with Gasteiger partial charge in [-0.05, 0) is 48.9 Å². The van der Waals surface area contributed by atoms with E-state index in [2.05, 4.69) is 5.32 Å². The number of alkyl halides is 3. The summed E-state index contributed by atoms with van der Waals surface area (Å²) in [5.74, 6) is 0.419. The zero-order valence-electron chi connectivity index (χ0n) is 13.3. The summed E-state index contributed by atoms with van der Waals surface area (Å²) < 4.78 is 37.8. The van der Waals surface area contributed by atoms with Crippen LogP contribution in [0.3, 0.4) is 0 Å². The molecule has 2 aliphatic rings. The van der Waals surface area contributed by atoms with Gasteiger partial charge in [0, 0.05) is 31.6 Å². The number of piperidine rings is 1. The van der Waals surface area contributed by atoms with Crippen molar-refractivity contribution in [1.82, 2.24) is 10.2 Å². The van der Waals surface area contributed by atoms with Gasteiger partial charge in [0.15, 0.2) is 0 Å². The highest BCUT2D eigenvalue weighted by molar-refractivity contribution is 5.94. The Kier molecular flexibility index (Phi) is 4.27. The van der Waals surface area contributed by atoms with Crippen molar-refractivity contribution in [2.75, 3.05) is 13.6 Å². The first kappa shape index (κ1) is 16.8. The van der Waals surface area contributed by atoms with Crippen molar-refractivity contribution in [2.24, 2.45) is 11.8 Å². The Morgan fingerprint density at radius 2 is 1.79 bits per heavy atom. The van der Waals surface area contributed by atoms with Crippen LogP contribution in [-0.4, -0.2) is 36.3 Å². The summed E-state index contributed by atoms with van der Waals surface area (Å²) in [6.45, 7) is 0.641. The highest BCUT2D eigenvalue weighted by atomic mass is 19.4. The van der Waals surface area contributed by atoms with E-state index in [1.54, 1.807) is 11.9 Å². The molecule has 1 saturated carbocycles. The van der Waals surface area contributed by atoms with Gasteiger partial charge in [-0.3, -0.25) is 9.59 Å². The van der Waals surface area contributed by atoms with Gasteiger partial charge in [0.2, 0.25) is 5.91 Å². The summed E-state index contributed by atoms with van der Waals surface area (Å²) in [5, 5.41) is 2.85. The molecule has 0 spiro atoms. The third-order valence-corrected chi connectivity index (χ3v) is 5.15. The standard InChI is InChI=1S/C17H19F3N2O2/c1-22(14-6-11-8-15(23)21-9-12(11)7-14)16(24)10-2-4-13(5-3-10)17(18,19)20/h2-5,11-12,14H,6-9H2,1H3,(H,21,23)/t11-,12+,14-/m1/s1. The first-order valence-corrected chi connectivity index (χ1v) is 7.97. The van der Waals surface area contributed by atoms with Crippen LogP contribution in [0.4, 0.5) is 13.2 Å². The number of carbonyl (C=O) groups excluding carboxylic acids is 2. The van der Waals surface area contributed by atoms with Crippen LogP contribution in [0.5, 0.6) is 0 Å². The van der Waals surface area contributed by atoms with Gasteiger partial charge >= 0.3 is 6.18 Å². The molecule has 7 heteroatoms. The first-order valence-electron chi connectivity index (χ1n) is 7.97. The fraction of sp³-hybridized carbons (Fsp3) is 0.529. The third-order valence-electron chi connectivity index (χ3n) is 5.15. The van der Waals surface area contributed by atoms with Crippen molar-refractivity contribution >= 4 is 11.8 Å². The molecular formula is C17H19F3N2O2. The van der Waals surface area contributed by atoms with Crippen LogP contribution in [0.1, 0.15) is 35.2 Å². The Bertz CT molecular complexity index is 642. The van der Waals surface area contributed by atoms with Crippen molar-refractivity contribution in [3.05, 3.63) is 35.4 Å². The lowest BCUT2D eigenvalue weighted by atomic mass is 9.89.